The summed E-state index contributed by atoms with van der Waals surface area (Å²) in [6.45, 7) is 5.54. The molecule has 6 nitrogen and oxygen atoms in total. The van der Waals surface area contributed by atoms with Crippen LogP contribution in [0.5, 0.6) is 0 Å². The zero-order chi connectivity index (χ0) is 20.4. The first-order valence-corrected chi connectivity index (χ1v) is 11.2. The van der Waals surface area contributed by atoms with E-state index in [0.717, 1.165) is 5.75 Å². The third-order valence-electron chi connectivity index (χ3n) is 6.00. The van der Waals surface area contributed by atoms with Gasteiger partial charge in [-0.2, -0.15) is 11.8 Å². The van der Waals surface area contributed by atoms with Crippen molar-refractivity contribution in [3.05, 3.63) is 28.8 Å². The molecule has 0 unspecified atom stereocenters. The number of para-hydroxylation sites is 1. The van der Waals surface area contributed by atoms with Crippen molar-refractivity contribution in [1.82, 2.24) is 10.2 Å². The van der Waals surface area contributed by atoms with Crippen LogP contribution in [0.2, 0.25) is 5.02 Å². The van der Waals surface area contributed by atoms with E-state index in [0.29, 0.717) is 22.7 Å². The van der Waals surface area contributed by atoms with E-state index in [4.69, 9.17) is 11.6 Å². The van der Waals surface area contributed by atoms with E-state index in [-0.39, 0.29) is 23.8 Å². The summed E-state index contributed by atoms with van der Waals surface area (Å²) in [7, 11) is 0. The van der Waals surface area contributed by atoms with Gasteiger partial charge in [0.25, 0.3) is 0 Å². The Bertz CT molecular complexity index is 884. The Balaban J connectivity index is 1.89. The molecular formula is C20H24ClN3O3S. The van der Waals surface area contributed by atoms with Gasteiger partial charge in [-0.1, -0.05) is 23.7 Å². The first-order valence-electron chi connectivity index (χ1n) is 9.39. The number of carbonyl (C=O) groups excluding carboxylic acids is 3. The van der Waals surface area contributed by atoms with Crippen LogP contribution in [0, 0.1) is 11.8 Å². The van der Waals surface area contributed by atoms with Gasteiger partial charge in [-0.05, 0) is 45.3 Å². The van der Waals surface area contributed by atoms with Crippen LogP contribution in [0.1, 0.15) is 32.8 Å². The van der Waals surface area contributed by atoms with Crippen molar-refractivity contribution < 1.29 is 14.4 Å². The molecule has 3 amide bonds. The molecule has 4 rings (SSSR count). The molecule has 2 fully saturated rings. The fourth-order valence-electron chi connectivity index (χ4n) is 4.95. The van der Waals surface area contributed by atoms with Gasteiger partial charge >= 0.3 is 0 Å². The number of hydrogen-bond donors (Lipinski definition) is 2. The summed E-state index contributed by atoms with van der Waals surface area (Å²) in [6.07, 6.45) is 2.70. The predicted molar refractivity (Wildman–Crippen MR) is 110 cm³/mol. The molecule has 0 saturated carbocycles. The lowest BCUT2D eigenvalue weighted by molar-refractivity contribution is -0.147. The molecule has 0 bridgehead atoms. The SMILES string of the molecule is CSCC[C@@H]1N[C@]2(C(=O)Nc3c(Cl)cccc32)[C@H]2C(=O)N(C(C)(C)C)C(=O)[C@H]12. The maximum absolute atomic E-state index is 13.5. The molecule has 2 N–H and O–H groups in total. The molecule has 3 heterocycles. The minimum absolute atomic E-state index is 0.193. The maximum atomic E-state index is 13.5. The number of halogens is 1. The minimum atomic E-state index is -1.26. The van der Waals surface area contributed by atoms with Gasteiger partial charge in [0.1, 0.15) is 5.54 Å². The third-order valence-corrected chi connectivity index (χ3v) is 6.96. The van der Waals surface area contributed by atoms with Gasteiger partial charge in [0.2, 0.25) is 17.7 Å². The smallest absolute Gasteiger partial charge is 0.250 e. The quantitative estimate of drug-likeness (QED) is 0.733. The number of likely N-dealkylation sites (tertiary alicyclic amines) is 1. The molecule has 1 aromatic rings. The monoisotopic (exact) mass is 421 g/mol. The molecule has 8 heteroatoms. The Kier molecular flexibility index (Phi) is 4.56. The molecule has 3 aliphatic rings. The van der Waals surface area contributed by atoms with Gasteiger partial charge in [0.15, 0.2) is 0 Å². The van der Waals surface area contributed by atoms with Crippen molar-refractivity contribution in [1.29, 1.82) is 0 Å². The number of nitrogens with one attached hydrogen (secondary N) is 2. The van der Waals surface area contributed by atoms with Crippen LogP contribution in [0.3, 0.4) is 0 Å². The maximum Gasteiger partial charge on any atom is 0.250 e. The number of benzene rings is 1. The number of thioether (sulfide) groups is 1. The molecular weight excluding hydrogens is 398 g/mol. The molecule has 1 aromatic carbocycles. The molecule has 4 atom stereocenters. The summed E-state index contributed by atoms with van der Waals surface area (Å²) >= 11 is 8.00. The van der Waals surface area contributed by atoms with Crippen molar-refractivity contribution in [2.24, 2.45) is 11.8 Å². The highest BCUT2D eigenvalue weighted by Gasteiger charge is 2.71. The second-order valence-corrected chi connectivity index (χ2v) is 10.0. The average Bonchev–Trinajstić information content (AvgIpc) is 3.19. The first kappa shape index (κ1) is 19.7. The topological polar surface area (TPSA) is 78.5 Å². The van der Waals surface area contributed by atoms with Crippen LogP contribution in [0.25, 0.3) is 0 Å². The average molecular weight is 422 g/mol. The van der Waals surface area contributed by atoms with E-state index in [1.54, 1.807) is 23.9 Å². The zero-order valence-corrected chi connectivity index (χ0v) is 17.9. The highest BCUT2D eigenvalue weighted by Crippen LogP contribution is 2.55. The van der Waals surface area contributed by atoms with Gasteiger partial charge in [-0.15, -0.1) is 0 Å². The van der Waals surface area contributed by atoms with Gasteiger partial charge in [-0.3, -0.25) is 24.6 Å². The van der Waals surface area contributed by atoms with Crippen LogP contribution >= 0.6 is 23.4 Å². The predicted octanol–water partition coefficient (Wildman–Crippen LogP) is 2.61. The number of rotatable bonds is 3. The summed E-state index contributed by atoms with van der Waals surface area (Å²) in [5.74, 6) is -1.29. The highest BCUT2D eigenvalue weighted by atomic mass is 35.5. The van der Waals surface area contributed by atoms with Crippen LogP contribution in [0.15, 0.2) is 18.2 Å². The van der Waals surface area contributed by atoms with Crippen molar-refractivity contribution in [2.75, 3.05) is 17.3 Å². The van der Waals surface area contributed by atoms with Crippen LogP contribution in [-0.2, 0) is 19.9 Å². The Morgan fingerprint density at radius 2 is 1.93 bits per heavy atom. The largest absolute Gasteiger partial charge is 0.323 e. The minimum Gasteiger partial charge on any atom is -0.323 e. The molecule has 3 aliphatic heterocycles. The number of hydrogen-bond acceptors (Lipinski definition) is 5. The molecule has 0 radical (unpaired) electrons. The fourth-order valence-corrected chi connectivity index (χ4v) is 5.66. The van der Waals surface area contributed by atoms with Crippen LogP contribution in [0.4, 0.5) is 5.69 Å². The van der Waals surface area contributed by atoms with E-state index < -0.39 is 22.9 Å². The first-order chi connectivity index (χ1) is 13.1. The Morgan fingerprint density at radius 1 is 1.21 bits per heavy atom. The summed E-state index contributed by atoms with van der Waals surface area (Å²) in [6, 6.07) is 5.05. The third kappa shape index (κ3) is 2.49. The lowest BCUT2D eigenvalue weighted by Gasteiger charge is -2.34. The van der Waals surface area contributed by atoms with Gasteiger partial charge in [-0.25, -0.2) is 0 Å². The van der Waals surface area contributed by atoms with Gasteiger partial charge < -0.3 is 5.32 Å². The number of imide groups is 1. The van der Waals surface area contributed by atoms with Crippen molar-refractivity contribution in [3.63, 3.8) is 0 Å². The summed E-state index contributed by atoms with van der Waals surface area (Å²) in [5.41, 5.74) is -0.722. The number of nitrogens with zero attached hydrogens (tertiary/aromatic N) is 1. The number of carbonyl (C=O) groups is 3. The summed E-state index contributed by atoms with van der Waals surface area (Å²) < 4.78 is 0. The highest BCUT2D eigenvalue weighted by molar-refractivity contribution is 7.98. The van der Waals surface area contributed by atoms with E-state index >= 15 is 0 Å². The normalized spacial score (nSPS) is 31.5. The molecule has 0 aliphatic carbocycles. The fraction of sp³-hybridized carbons (Fsp3) is 0.550. The number of fused-ring (bicyclic) bond motifs is 4. The molecule has 28 heavy (non-hydrogen) atoms. The standard InChI is InChI=1S/C20H24ClN3O3S/c1-19(2,3)24-16(25)13-12(8-9-28-4)23-20(14(13)17(24)26)10-6-5-7-11(21)15(10)22-18(20)27/h5-7,12-14,23H,8-9H2,1-4H3,(H,22,27)/t12-,13+,14+,20-/m0/s1. The molecule has 0 aromatic heterocycles. The number of anilines is 1. The van der Waals surface area contributed by atoms with Crippen molar-refractivity contribution in [3.8, 4) is 0 Å². The molecule has 1 spiro atoms. The Labute approximate surface area is 173 Å². The van der Waals surface area contributed by atoms with E-state index in [2.05, 4.69) is 10.6 Å². The van der Waals surface area contributed by atoms with Crippen molar-refractivity contribution in [2.45, 2.75) is 44.3 Å². The van der Waals surface area contributed by atoms with Crippen LogP contribution < -0.4 is 10.6 Å². The van der Waals surface area contributed by atoms with Crippen molar-refractivity contribution >= 4 is 46.8 Å². The van der Waals surface area contributed by atoms with E-state index in [1.807, 2.05) is 33.1 Å². The lowest BCUT2D eigenvalue weighted by atomic mass is 9.76. The van der Waals surface area contributed by atoms with Gasteiger partial charge in [0.05, 0.1) is 22.5 Å². The van der Waals surface area contributed by atoms with Gasteiger partial charge in [0, 0.05) is 17.1 Å². The Morgan fingerprint density at radius 3 is 2.57 bits per heavy atom. The van der Waals surface area contributed by atoms with E-state index in [9.17, 15) is 14.4 Å². The molecule has 150 valence electrons. The second kappa shape index (κ2) is 6.47. The second-order valence-electron chi connectivity index (χ2n) is 8.64. The zero-order valence-electron chi connectivity index (χ0n) is 16.3. The van der Waals surface area contributed by atoms with E-state index in [1.165, 1.54) is 4.90 Å². The Hall–Kier alpha value is -1.57. The number of amides is 3. The summed E-state index contributed by atoms with van der Waals surface area (Å²) in [4.78, 5) is 41.5. The molecule has 2 saturated heterocycles. The lowest BCUT2D eigenvalue weighted by Crippen LogP contribution is -2.55. The summed E-state index contributed by atoms with van der Waals surface area (Å²) in [5, 5.41) is 6.70. The van der Waals surface area contributed by atoms with Crippen LogP contribution in [-0.4, -0.2) is 46.2 Å².